The highest BCUT2D eigenvalue weighted by molar-refractivity contribution is 9.10. The van der Waals surface area contributed by atoms with E-state index < -0.39 is 6.10 Å². The van der Waals surface area contributed by atoms with Crippen LogP contribution in [0.15, 0.2) is 22.7 Å². The molecule has 1 aromatic rings. The molecule has 12 heavy (non-hydrogen) atoms. The van der Waals surface area contributed by atoms with Crippen molar-refractivity contribution in [1.82, 2.24) is 0 Å². The van der Waals surface area contributed by atoms with E-state index in [1.54, 1.807) is 0 Å². The summed E-state index contributed by atoms with van der Waals surface area (Å²) in [4.78, 5) is 0. The van der Waals surface area contributed by atoms with Crippen LogP contribution in [0.2, 0.25) is 0 Å². The van der Waals surface area contributed by atoms with Crippen LogP contribution in [0.5, 0.6) is 0 Å². The Morgan fingerprint density at radius 3 is 2.83 bits per heavy atom. The molecule has 0 saturated heterocycles. The van der Waals surface area contributed by atoms with Crippen molar-refractivity contribution in [3.05, 3.63) is 33.8 Å². The summed E-state index contributed by atoms with van der Waals surface area (Å²) in [5.41, 5.74) is 1.94. The highest BCUT2D eigenvalue weighted by Gasteiger charge is 2.09. The molecule has 66 valence electrons. The van der Waals surface area contributed by atoms with Crippen LogP contribution in [-0.2, 0) is 0 Å². The van der Waals surface area contributed by atoms with Crippen LogP contribution < -0.4 is 0 Å². The molecular formula is C9H10BrClO. The van der Waals surface area contributed by atoms with E-state index in [9.17, 15) is 5.11 Å². The minimum absolute atomic E-state index is 0.233. The summed E-state index contributed by atoms with van der Waals surface area (Å²) < 4.78 is 1.00. The van der Waals surface area contributed by atoms with Crippen LogP contribution in [0.25, 0.3) is 0 Å². The van der Waals surface area contributed by atoms with E-state index in [1.165, 1.54) is 0 Å². The first-order valence-corrected chi connectivity index (χ1v) is 4.98. The van der Waals surface area contributed by atoms with Gasteiger partial charge in [0.2, 0.25) is 0 Å². The largest absolute Gasteiger partial charge is 0.387 e. The van der Waals surface area contributed by atoms with Crippen molar-refractivity contribution in [2.75, 3.05) is 5.88 Å². The summed E-state index contributed by atoms with van der Waals surface area (Å²) >= 11 is 8.93. The van der Waals surface area contributed by atoms with Crippen molar-refractivity contribution in [3.8, 4) is 0 Å². The number of aliphatic hydroxyl groups is 1. The molecule has 0 unspecified atom stereocenters. The number of benzene rings is 1. The number of hydrogen-bond donors (Lipinski definition) is 1. The maximum Gasteiger partial charge on any atom is 0.0928 e. The number of hydrogen-bond acceptors (Lipinski definition) is 1. The van der Waals surface area contributed by atoms with Crippen molar-refractivity contribution in [1.29, 1.82) is 0 Å². The fraction of sp³-hybridized carbons (Fsp3) is 0.333. The lowest BCUT2D eigenvalue weighted by molar-refractivity contribution is 0.202. The molecule has 0 aliphatic heterocycles. The van der Waals surface area contributed by atoms with Crippen molar-refractivity contribution >= 4 is 27.5 Å². The predicted molar refractivity (Wildman–Crippen MR) is 54.6 cm³/mol. The summed E-state index contributed by atoms with van der Waals surface area (Å²) in [7, 11) is 0. The fourth-order valence-electron chi connectivity index (χ4n) is 1.07. The maximum absolute atomic E-state index is 9.48. The Morgan fingerprint density at radius 2 is 2.25 bits per heavy atom. The first kappa shape index (κ1) is 10.0. The smallest absolute Gasteiger partial charge is 0.0928 e. The maximum atomic E-state index is 9.48. The van der Waals surface area contributed by atoms with Crippen LogP contribution in [0.4, 0.5) is 0 Å². The SMILES string of the molecule is Cc1c(Br)cccc1[C@H](O)CCl. The second kappa shape index (κ2) is 4.26. The average molecular weight is 250 g/mol. The molecule has 0 fully saturated rings. The molecular weight excluding hydrogens is 239 g/mol. The first-order valence-electron chi connectivity index (χ1n) is 3.66. The zero-order valence-corrected chi connectivity index (χ0v) is 9.06. The van der Waals surface area contributed by atoms with Gasteiger partial charge in [-0.25, -0.2) is 0 Å². The van der Waals surface area contributed by atoms with Gasteiger partial charge in [0, 0.05) is 4.47 Å². The van der Waals surface area contributed by atoms with E-state index >= 15 is 0 Å². The Labute approximate surface area is 85.5 Å². The summed E-state index contributed by atoms with van der Waals surface area (Å²) in [6, 6.07) is 5.72. The van der Waals surface area contributed by atoms with Gasteiger partial charge in [0.05, 0.1) is 12.0 Å². The Morgan fingerprint density at radius 1 is 1.58 bits per heavy atom. The molecule has 0 radical (unpaired) electrons. The molecule has 3 heteroatoms. The Hall–Kier alpha value is -0.0500. The minimum Gasteiger partial charge on any atom is -0.387 e. The zero-order chi connectivity index (χ0) is 9.14. The Bertz CT molecular complexity index is 275. The number of aliphatic hydroxyl groups excluding tert-OH is 1. The van der Waals surface area contributed by atoms with Crippen molar-refractivity contribution < 1.29 is 5.11 Å². The molecule has 0 bridgehead atoms. The molecule has 1 rings (SSSR count). The van der Waals surface area contributed by atoms with E-state index in [2.05, 4.69) is 15.9 Å². The van der Waals surface area contributed by atoms with E-state index in [0.717, 1.165) is 15.6 Å². The molecule has 1 nitrogen and oxygen atoms in total. The Balaban J connectivity index is 3.07. The molecule has 0 aromatic heterocycles. The molecule has 0 aliphatic carbocycles. The lowest BCUT2D eigenvalue weighted by Gasteiger charge is -2.11. The van der Waals surface area contributed by atoms with Crippen molar-refractivity contribution in [3.63, 3.8) is 0 Å². The van der Waals surface area contributed by atoms with Crippen LogP contribution in [0.1, 0.15) is 17.2 Å². The van der Waals surface area contributed by atoms with Crippen molar-refractivity contribution in [2.24, 2.45) is 0 Å². The average Bonchev–Trinajstić information content (AvgIpc) is 2.08. The second-order valence-corrected chi connectivity index (χ2v) is 3.79. The van der Waals surface area contributed by atoms with Crippen molar-refractivity contribution in [2.45, 2.75) is 13.0 Å². The van der Waals surface area contributed by atoms with Gasteiger partial charge in [0.15, 0.2) is 0 Å². The van der Waals surface area contributed by atoms with E-state index in [1.807, 2.05) is 25.1 Å². The molecule has 1 aromatic carbocycles. The Kier molecular flexibility index (Phi) is 3.56. The minimum atomic E-state index is -0.566. The quantitative estimate of drug-likeness (QED) is 0.799. The van der Waals surface area contributed by atoms with Gasteiger partial charge in [0.1, 0.15) is 0 Å². The van der Waals surface area contributed by atoms with E-state index in [0.29, 0.717) is 0 Å². The fourth-order valence-corrected chi connectivity index (χ4v) is 1.62. The lowest BCUT2D eigenvalue weighted by atomic mass is 10.1. The van der Waals surface area contributed by atoms with Gasteiger partial charge in [-0.05, 0) is 24.1 Å². The zero-order valence-electron chi connectivity index (χ0n) is 6.72. The molecule has 0 saturated carbocycles. The van der Waals surface area contributed by atoms with Gasteiger partial charge in [-0.2, -0.15) is 0 Å². The van der Waals surface area contributed by atoms with Crippen LogP contribution in [0, 0.1) is 6.92 Å². The normalized spacial score (nSPS) is 13.0. The molecule has 0 heterocycles. The summed E-state index contributed by atoms with van der Waals surface area (Å²) in [6.45, 7) is 1.95. The third kappa shape index (κ3) is 2.00. The topological polar surface area (TPSA) is 20.2 Å². The molecule has 1 N–H and O–H groups in total. The van der Waals surface area contributed by atoms with Gasteiger partial charge in [-0.15, -0.1) is 11.6 Å². The summed E-state index contributed by atoms with van der Waals surface area (Å²) in [5, 5.41) is 9.48. The molecule has 1 atom stereocenters. The van der Waals surface area contributed by atoms with Gasteiger partial charge in [-0.1, -0.05) is 28.1 Å². The standard InChI is InChI=1S/C9H10BrClO/c1-6-7(9(12)5-11)3-2-4-8(6)10/h2-4,9,12H,5H2,1H3/t9-/m1/s1. The summed E-state index contributed by atoms with van der Waals surface area (Å²) in [5.74, 6) is 0.233. The van der Waals surface area contributed by atoms with Gasteiger partial charge in [-0.3, -0.25) is 0 Å². The van der Waals surface area contributed by atoms with Crippen LogP contribution in [0.3, 0.4) is 0 Å². The third-order valence-electron chi connectivity index (χ3n) is 1.81. The van der Waals surface area contributed by atoms with Gasteiger partial charge >= 0.3 is 0 Å². The molecule has 0 aliphatic rings. The molecule has 0 amide bonds. The lowest BCUT2D eigenvalue weighted by Crippen LogP contribution is -2.01. The van der Waals surface area contributed by atoms with E-state index in [4.69, 9.17) is 11.6 Å². The third-order valence-corrected chi connectivity index (χ3v) is 2.97. The second-order valence-electron chi connectivity index (χ2n) is 2.62. The van der Waals surface area contributed by atoms with Gasteiger partial charge in [0.25, 0.3) is 0 Å². The first-order chi connectivity index (χ1) is 5.66. The van der Waals surface area contributed by atoms with E-state index in [-0.39, 0.29) is 5.88 Å². The number of rotatable bonds is 2. The molecule has 0 spiro atoms. The predicted octanol–water partition coefficient (Wildman–Crippen LogP) is 3.03. The monoisotopic (exact) mass is 248 g/mol. The summed E-state index contributed by atoms with van der Waals surface area (Å²) in [6.07, 6.45) is -0.566. The van der Waals surface area contributed by atoms with Gasteiger partial charge < -0.3 is 5.11 Å². The number of alkyl halides is 1. The van der Waals surface area contributed by atoms with Crippen LogP contribution in [-0.4, -0.2) is 11.0 Å². The highest BCUT2D eigenvalue weighted by Crippen LogP contribution is 2.24. The highest BCUT2D eigenvalue weighted by atomic mass is 79.9. The number of halogens is 2. The van der Waals surface area contributed by atoms with Crippen LogP contribution >= 0.6 is 27.5 Å².